The third-order valence-electron chi connectivity index (χ3n) is 2.42. The van der Waals surface area contributed by atoms with Crippen LogP contribution in [-0.4, -0.2) is 30.7 Å². The van der Waals surface area contributed by atoms with E-state index in [1.807, 2.05) is 30.0 Å². The van der Waals surface area contributed by atoms with Gasteiger partial charge in [-0.25, -0.2) is 0 Å². The fourth-order valence-corrected chi connectivity index (χ4v) is 2.06. The quantitative estimate of drug-likeness (QED) is 0.684. The molecule has 0 heterocycles. The van der Waals surface area contributed by atoms with Crippen LogP contribution in [0.3, 0.4) is 0 Å². The van der Waals surface area contributed by atoms with Crippen LogP contribution >= 0.6 is 11.8 Å². The lowest BCUT2D eigenvalue weighted by molar-refractivity contribution is 0.103. The van der Waals surface area contributed by atoms with E-state index in [9.17, 15) is 0 Å². The van der Waals surface area contributed by atoms with Gasteiger partial charge < -0.3 is 10.1 Å². The third kappa shape index (κ3) is 7.42. The van der Waals surface area contributed by atoms with Crippen LogP contribution < -0.4 is 5.32 Å². The first-order chi connectivity index (χ1) is 8.33. The summed E-state index contributed by atoms with van der Waals surface area (Å²) < 4.78 is 5.67. The van der Waals surface area contributed by atoms with Crippen LogP contribution in [0.15, 0.2) is 30.3 Å². The second kappa shape index (κ2) is 9.51. The highest BCUT2D eigenvalue weighted by atomic mass is 32.2. The number of rotatable bonds is 9. The van der Waals surface area contributed by atoms with Gasteiger partial charge in [0.15, 0.2) is 0 Å². The molecule has 1 atom stereocenters. The van der Waals surface area contributed by atoms with E-state index in [0.717, 1.165) is 13.2 Å². The highest BCUT2D eigenvalue weighted by Crippen LogP contribution is 2.01. The van der Waals surface area contributed by atoms with Crippen molar-refractivity contribution in [1.82, 2.24) is 5.32 Å². The number of ether oxygens (including phenoxy) is 1. The molecule has 0 aliphatic carbocycles. The molecule has 0 radical (unpaired) electrons. The molecule has 0 amide bonds. The first-order valence-corrected chi connectivity index (χ1v) is 7.41. The molecule has 1 rings (SSSR count). The van der Waals surface area contributed by atoms with Crippen molar-refractivity contribution in [3.05, 3.63) is 35.9 Å². The average Bonchev–Trinajstić information content (AvgIpc) is 2.36. The number of thioether (sulfide) groups is 1. The zero-order valence-electron chi connectivity index (χ0n) is 10.8. The van der Waals surface area contributed by atoms with Gasteiger partial charge in [-0.05, 0) is 18.2 Å². The van der Waals surface area contributed by atoms with Crippen molar-refractivity contribution in [1.29, 1.82) is 0 Å². The summed E-state index contributed by atoms with van der Waals surface area (Å²) >= 11 is 1.97. The number of nitrogens with one attached hydrogen (secondary N) is 1. The fourth-order valence-electron chi connectivity index (χ4n) is 1.51. The van der Waals surface area contributed by atoms with E-state index in [0.29, 0.717) is 12.6 Å². The topological polar surface area (TPSA) is 21.3 Å². The minimum Gasteiger partial charge on any atom is -0.375 e. The number of hydrogen-bond donors (Lipinski definition) is 1. The molecule has 0 fully saturated rings. The van der Waals surface area contributed by atoms with Crippen molar-refractivity contribution in [2.75, 3.05) is 24.7 Å². The molecule has 0 spiro atoms. The van der Waals surface area contributed by atoms with Crippen LogP contribution in [0, 0.1) is 0 Å². The normalized spacial score (nSPS) is 12.6. The molecule has 1 unspecified atom stereocenters. The molecule has 1 aromatic carbocycles. The van der Waals surface area contributed by atoms with Gasteiger partial charge in [-0.2, -0.15) is 11.8 Å². The summed E-state index contributed by atoms with van der Waals surface area (Å²) in [6, 6.07) is 10.7. The fraction of sp³-hybridized carbons (Fsp3) is 0.571. The largest absolute Gasteiger partial charge is 0.375 e. The SMILES string of the molecule is CCSCCNC(C)COCc1ccccc1. The average molecular weight is 253 g/mol. The minimum absolute atomic E-state index is 0.427. The molecule has 96 valence electrons. The van der Waals surface area contributed by atoms with Gasteiger partial charge in [0.2, 0.25) is 0 Å². The lowest BCUT2D eigenvalue weighted by atomic mass is 10.2. The highest BCUT2D eigenvalue weighted by molar-refractivity contribution is 7.99. The summed E-state index contributed by atoms with van der Waals surface area (Å²) in [6.45, 7) is 6.90. The third-order valence-corrected chi connectivity index (χ3v) is 3.32. The van der Waals surface area contributed by atoms with Crippen LogP contribution in [0.1, 0.15) is 19.4 Å². The van der Waals surface area contributed by atoms with Crippen molar-refractivity contribution in [2.45, 2.75) is 26.5 Å². The molecule has 0 saturated heterocycles. The highest BCUT2D eigenvalue weighted by Gasteiger charge is 2.00. The van der Waals surface area contributed by atoms with E-state index < -0.39 is 0 Å². The Morgan fingerprint density at radius 3 is 2.76 bits per heavy atom. The van der Waals surface area contributed by atoms with Crippen molar-refractivity contribution in [3.8, 4) is 0 Å². The maximum Gasteiger partial charge on any atom is 0.0717 e. The van der Waals surface area contributed by atoms with E-state index in [1.54, 1.807) is 0 Å². The summed E-state index contributed by atoms with van der Waals surface area (Å²) in [5.74, 6) is 2.38. The monoisotopic (exact) mass is 253 g/mol. The molecule has 0 aliphatic heterocycles. The molecule has 0 aliphatic rings. The second-order valence-electron chi connectivity index (χ2n) is 4.05. The van der Waals surface area contributed by atoms with Gasteiger partial charge in [0.25, 0.3) is 0 Å². The Labute approximate surface area is 109 Å². The molecular formula is C14H23NOS. The Balaban J connectivity index is 2.02. The molecule has 17 heavy (non-hydrogen) atoms. The predicted octanol–water partition coefficient (Wildman–Crippen LogP) is 2.93. The van der Waals surface area contributed by atoms with E-state index in [1.165, 1.54) is 17.1 Å². The predicted molar refractivity (Wildman–Crippen MR) is 76.6 cm³/mol. The van der Waals surface area contributed by atoms with Gasteiger partial charge in [0.1, 0.15) is 0 Å². The van der Waals surface area contributed by atoms with E-state index in [-0.39, 0.29) is 0 Å². The molecule has 3 heteroatoms. The van der Waals surface area contributed by atoms with Crippen LogP contribution in [0.2, 0.25) is 0 Å². The minimum atomic E-state index is 0.427. The smallest absolute Gasteiger partial charge is 0.0717 e. The molecule has 0 bridgehead atoms. The zero-order chi connectivity index (χ0) is 12.3. The molecule has 0 aromatic heterocycles. The molecule has 2 nitrogen and oxygen atoms in total. The maximum atomic E-state index is 5.67. The standard InChI is InChI=1S/C14H23NOS/c1-3-17-10-9-15-13(2)11-16-12-14-7-5-4-6-8-14/h4-8,13,15H,3,9-12H2,1-2H3. The molecule has 1 aromatic rings. The van der Waals surface area contributed by atoms with Gasteiger partial charge in [-0.15, -0.1) is 0 Å². The number of hydrogen-bond acceptors (Lipinski definition) is 3. The Kier molecular flexibility index (Phi) is 8.14. The first kappa shape index (κ1) is 14.6. The van der Waals surface area contributed by atoms with E-state index in [4.69, 9.17) is 4.74 Å². The summed E-state index contributed by atoms with van der Waals surface area (Å²) in [5.41, 5.74) is 1.24. The summed E-state index contributed by atoms with van der Waals surface area (Å²) in [4.78, 5) is 0. The Morgan fingerprint density at radius 1 is 1.29 bits per heavy atom. The van der Waals surface area contributed by atoms with Gasteiger partial charge in [-0.1, -0.05) is 37.3 Å². The van der Waals surface area contributed by atoms with Crippen molar-refractivity contribution < 1.29 is 4.74 Å². The number of benzene rings is 1. The van der Waals surface area contributed by atoms with Gasteiger partial charge in [-0.3, -0.25) is 0 Å². The zero-order valence-corrected chi connectivity index (χ0v) is 11.6. The van der Waals surface area contributed by atoms with Crippen LogP contribution in [-0.2, 0) is 11.3 Å². The molecule has 0 saturated carbocycles. The summed E-state index contributed by atoms with van der Waals surface area (Å²) in [5, 5.41) is 3.46. The lowest BCUT2D eigenvalue weighted by Crippen LogP contribution is -2.32. The van der Waals surface area contributed by atoms with Gasteiger partial charge >= 0.3 is 0 Å². The summed E-state index contributed by atoms with van der Waals surface area (Å²) in [7, 11) is 0. The van der Waals surface area contributed by atoms with E-state index in [2.05, 4.69) is 31.3 Å². The van der Waals surface area contributed by atoms with Gasteiger partial charge in [0, 0.05) is 18.3 Å². The van der Waals surface area contributed by atoms with Crippen LogP contribution in [0.25, 0.3) is 0 Å². The van der Waals surface area contributed by atoms with Crippen molar-refractivity contribution in [2.24, 2.45) is 0 Å². The Hall–Kier alpha value is -0.510. The van der Waals surface area contributed by atoms with Crippen LogP contribution in [0.5, 0.6) is 0 Å². The Bertz CT molecular complexity index is 279. The lowest BCUT2D eigenvalue weighted by Gasteiger charge is -2.13. The maximum absolute atomic E-state index is 5.67. The summed E-state index contributed by atoms with van der Waals surface area (Å²) in [6.07, 6.45) is 0. The first-order valence-electron chi connectivity index (χ1n) is 6.25. The second-order valence-corrected chi connectivity index (χ2v) is 5.45. The van der Waals surface area contributed by atoms with Crippen molar-refractivity contribution in [3.63, 3.8) is 0 Å². The molecular weight excluding hydrogens is 230 g/mol. The Morgan fingerprint density at radius 2 is 2.06 bits per heavy atom. The van der Waals surface area contributed by atoms with Crippen molar-refractivity contribution >= 4 is 11.8 Å². The van der Waals surface area contributed by atoms with E-state index >= 15 is 0 Å². The van der Waals surface area contributed by atoms with Crippen LogP contribution in [0.4, 0.5) is 0 Å². The van der Waals surface area contributed by atoms with Gasteiger partial charge in [0.05, 0.1) is 13.2 Å². The molecule has 1 N–H and O–H groups in total.